The number of nitrogens with zero attached hydrogens (tertiary/aromatic N) is 3. The number of nitrogens with one attached hydrogen (secondary N) is 1. The number of aryl methyl sites for hydroxylation is 3. The van der Waals surface area contributed by atoms with E-state index in [0.29, 0.717) is 26.4 Å². The van der Waals surface area contributed by atoms with Gasteiger partial charge in [-0.15, -0.1) is 0 Å². The summed E-state index contributed by atoms with van der Waals surface area (Å²) in [6.45, 7) is 4.60. The quantitative estimate of drug-likeness (QED) is 0.781. The molecule has 1 aromatic carbocycles. The summed E-state index contributed by atoms with van der Waals surface area (Å²) in [7, 11) is 0. The molecule has 1 fully saturated rings. The molecule has 0 bridgehead atoms. The highest BCUT2D eigenvalue weighted by Gasteiger charge is 2.18. The van der Waals surface area contributed by atoms with Crippen molar-refractivity contribution in [3.63, 3.8) is 0 Å². The van der Waals surface area contributed by atoms with Crippen molar-refractivity contribution in [2.75, 3.05) is 19.8 Å². The van der Waals surface area contributed by atoms with Crippen molar-refractivity contribution in [2.24, 2.45) is 0 Å². The van der Waals surface area contributed by atoms with Gasteiger partial charge in [0.2, 0.25) is 0 Å². The molecule has 6 nitrogen and oxygen atoms in total. The van der Waals surface area contributed by atoms with Crippen molar-refractivity contribution in [2.45, 2.75) is 32.4 Å². The maximum absolute atomic E-state index is 5.74. The summed E-state index contributed by atoms with van der Waals surface area (Å²) in [6, 6.07) is 8.39. The minimum atomic E-state index is 0.0617. The van der Waals surface area contributed by atoms with E-state index in [-0.39, 0.29) is 6.10 Å². The Morgan fingerprint density at radius 2 is 2.17 bits per heavy atom. The van der Waals surface area contributed by atoms with Gasteiger partial charge in [-0.25, -0.2) is 9.67 Å². The lowest BCUT2D eigenvalue weighted by Gasteiger charge is -2.23. The minimum Gasteiger partial charge on any atom is -0.376 e. The molecule has 6 heteroatoms. The summed E-state index contributed by atoms with van der Waals surface area (Å²) in [4.78, 5) is 7.93. The van der Waals surface area contributed by atoms with Gasteiger partial charge in [0.05, 0.1) is 26.4 Å². The van der Waals surface area contributed by atoms with Crippen LogP contribution in [0.25, 0.3) is 10.9 Å². The fraction of sp³-hybridized carbons (Fsp3) is 0.444. The number of fused-ring (bicyclic) bond motifs is 1. The van der Waals surface area contributed by atoms with E-state index >= 15 is 0 Å². The maximum Gasteiger partial charge on any atom is 0.147 e. The molecule has 24 heavy (non-hydrogen) atoms. The molecule has 4 rings (SSSR count). The van der Waals surface area contributed by atoms with Gasteiger partial charge in [0.1, 0.15) is 17.8 Å². The van der Waals surface area contributed by atoms with Gasteiger partial charge in [0, 0.05) is 23.5 Å². The number of hydrogen-bond donors (Lipinski definition) is 1. The van der Waals surface area contributed by atoms with Crippen LogP contribution in [0.5, 0.6) is 0 Å². The highest BCUT2D eigenvalue weighted by Crippen LogP contribution is 2.19. The second-order valence-electron chi connectivity index (χ2n) is 6.18. The van der Waals surface area contributed by atoms with E-state index in [1.807, 2.05) is 11.6 Å². The Morgan fingerprint density at radius 1 is 1.25 bits per heavy atom. The Hall–Kier alpha value is -2.18. The number of para-hydroxylation sites is 1. The predicted molar refractivity (Wildman–Crippen MR) is 91.0 cm³/mol. The van der Waals surface area contributed by atoms with Crippen LogP contribution in [0.1, 0.15) is 17.2 Å². The number of aromatic nitrogens is 4. The van der Waals surface area contributed by atoms with Crippen LogP contribution in [-0.4, -0.2) is 45.7 Å². The van der Waals surface area contributed by atoms with Gasteiger partial charge in [0.15, 0.2) is 0 Å². The minimum absolute atomic E-state index is 0.0617. The third-order valence-corrected chi connectivity index (χ3v) is 4.41. The second kappa shape index (κ2) is 6.75. The van der Waals surface area contributed by atoms with Gasteiger partial charge in [-0.1, -0.05) is 18.2 Å². The summed E-state index contributed by atoms with van der Waals surface area (Å²) < 4.78 is 13.2. The lowest BCUT2D eigenvalue weighted by atomic mass is 10.1. The molecule has 0 unspecified atom stereocenters. The summed E-state index contributed by atoms with van der Waals surface area (Å²) in [5.74, 6) is 1.81. The first-order valence-electron chi connectivity index (χ1n) is 8.44. The molecule has 1 atom stereocenters. The standard InChI is InChI=1S/C18H22N4O2/c1-13-20-18(22(21-13)11-15-12-23-8-9-24-15)7-6-14-10-19-17-5-3-2-4-16(14)17/h2-5,10,15,19H,6-9,11-12H2,1H3/t15-/m1/s1. The molecule has 0 spiro atoms. The zero-order valence-electron chi connectivity index (χ0n) is 13.9. The van der Waals surface area contributed by atoms with Crippen LogP contribution >= 0.6 is 0 Å². The third kappa shape index (κ3) is 3.20. The Kier molecular flexibility index (Phi) is 4.32. The first-order valence-corrected chi connectivity index (χ1v) is 8.44. The SMILES string of the molecule is Cc1nc(CCc2c[nH]c3ccccc23)n(C[C@@H]2COCCO2)n1. The van der Waals surface area contributed by atoms with Crippen LogP contribution in [0.3, 0.4) is 0 Å². The van der Waals surface area contributed by atoms with E-state index in [9.17, 15) is 0 Å². The molecule has 3 aromatic rings. The summed E-state index contributed by atoms with van der Waals surface area (Å²) in [5.41, 5.74) is 2.49. The lowest BCUT2D eigenvalue weighted by molar-refractivity contribution is -0.0949. The molecule has 1 saturated heterocycles. The molecule has 2 aromatic heterocycles. The van der Waals surface area contributed by atoms with E-state index in [1.54, 1.807) is 0 Å². The molecule has 3 heterocycles. The third-order valence-electron chi connectivity index (χ3n) is 4.41. The Balaban J connectivity index is 1.48. The lowest BCUT2D eigenvalue weighted by Crippen LogP contribution is -2.33. The molecular formula is C18H22N4O2. The Labute approximate surface area is 140 Å². The fourth-order valence-electron chi connectivity index (χ4n) is 3.25. The second-order valence-corrected chi connectivity index (χ2v) is 6.18. The van der Waals surface area contributed by atoms with Crippen LogP contribution in [-0.2, 0) is 28.9 Å². The summed E-state index contributed by atoms with van der Waals surface area (Å²) in [6.07, 6.45) is 3.95. The van der Waals surface area contributed by atoms with Crippen molar-refractivity contribution < 1.29 is 9.47 Å². The molecule has 0 saturated carbocycles. The first-order chi connectivity index (χ1) is 11.8. The molecule has 0 radical (unpaired) electrons. The molecule has 1 N–H and O–H groups in total. The van der Waals surface area contributed by atoms with E-state index in [2.05, 4.69) is 45.5 Å². The number of H-pyrrole nitrogens is 1. The van der Waals surface area contributed by atoms with Crippen LogP contribution in [0.15, 0.2) is 30.5 Å². The molecular weight excluding hydrogens is 304 g/mol. The van der Waals surface area contributed by atoms with E-state index in [0.717, 1.165) is 24.5 Å². The van der Waals surface area contributed by atoms with E-state index in [4.69, 9.17) is 9.47 Å². The molecule has 0 amide bonds. The van der Waals surface area contributed by atoms with Gasteiger partial charge in [-0.3, -0.25) is 0 Å². The number of rotatable bonds is 5. The van der Waals surface area contributed by atoms with Crippen LogP contribution in [0.2, 0.25) is 0 Å². The van der Waals surface area contributed by atoms with Gasteiger partial charge < -0.3 is 14.5 Å². The summed E-state index contributed by atoms with van der Waals surface area (Å²) >= 11 is 0. The summed E-state index contributed by atoms with van der Waals surface area (Å²) in [5, 5.41) is 5.81. The highest BCUT2D eigenvalue weighted by molar-refractivity contribution is 5.83. The number of aromatic amines is 1. The first kappa shape index (κ1) is 15.4. The van der Waals surface area contributed by atoms with Crippen LogP contribution in [0, 0.1) is 6.92 Å². The molecule has 126 valence electrons. The van der Waals surface area contributed by atoms with E-state index in [1.165, 1.54) is 16.5 Å². The zero-order chi connectivity index (χ0) is 16.4. The van der Waals surface area contributed by atoms with Gasteiger partial charge in [0.25, 0.3) is 0 Å². The van der Waals surface area contributed by atoms with Crippen LogP contribution in [0.4, 0.5) is 0 Å². The molecule has 0 aliphatic carbocycles. The smallest absolute Gasteiger partial charge is 0.147 e. The van der Waals surface area contributed by atoms with Crippen molar-refractivity contribution in [3.05, 3.63) is 47.7 Å². The van der Waals surface area contributed by atoms with Gasteiger partial charge in [-0.2, -0.15) is 5.10 Å². The topological polar surface area (TPSA) is 65.0 Å². The molecule has 1 aliphatic heterocycles. The van der Waals surface area contributed by atoms with Crippen molar-refractivity contribution in [1.82, 2.24) is 19.7 Å². The normalized spacial score (nSPS) is 18.3. The molecule has 1 aliphatic rings. The monoisotopic (exact) mass is 326 g/mol. The number of ether oxygens (including phenoxy) is 2. The number of hydrogen-bond acceptors (Lipinski definition) is 4. The average molecular weight is 326 g/mol. The van der Waals surface area contributed by atoms with Gasteiger partial charge >= 0.3 is 0 Å². The van der Waals surface area contributed by atoms with Crippen molar-refractivity contribution >= 4 is 10.9 Å². The highest BCUT2D eigenvalue weighted by atomic mass is 16.6. The number of benzene rings is 1. The van der Waals surface area contributed by atoms with Crippen molar-refractivity contribution in [1.29, 1.82) is 0 Å². The Morgan fingerprint density at radius 3 is 3.04 bits per heavy atom. The maximum atomic E-state index is 5.74. The zero-order valence-corrected chi connectivity index (χ0v) is 13.9. The van der Waals surface area contributed by atoms with Crippen LogP contribution < -0.4 is 0 Å². The van der Waals surface area contributed by atoms with Gasteiger partial charge in [-0.05, 0) is 25.0 Å². The fourth-order valence-corrected chi connectivity index (χ4v) is 3.25. The predicted octanol–water partition coefficient (Wildman–Crippen LogP) is 2.27. The van der Waals surface area contributed by atoms with E-state index < -0.39 is 0 Å². The Bertz CT molecular complexity index is 817. The largest absolute Gasteiger partial charge is 0.376 e. The average Bonchev–Trinajstić information content (AvgIpc) is 3.17. The van der Waals surface area contributed by atoms with Crippen molar-refractivity contribution in [3.8, 4) is 0 Å².